The van der Waals surface area contributed by atoms with Gasteiger partial charge in [-0.2, -0.15) is 0 Å². The first kappa shape index (κ1) is 17.4. The van der Waals surface area contributed by atoms with E-state index in [1.165, 1.54) is 26.5 Å². The molecule has 128 valence electrons. The van der Waals surface area contributed by atoms with Crippen molar-refractivity contribution in [3.63, 3.8) is 0 Å². The number of rotatable bonds is 5. The van der Waals surface area contributed by atoms with E-state index in [1.54, 1.807) is 6.92 Å². The van der Waals surface area contributed by atoms with Crippen molar-refractivity contribution in [1.29, 1.82) is 0 Å². The molecule has 1 aliphatic heterocycles. The first-order chi connectivity index (χ1) is 10.9. The van der Waals surface area contributed by atoms with Crippen LogP contribution in [-0.4, -0.2) is 53.2 Å². The molecule has 0 aromatic carbocycles. The molecule has 0 amide bonds. The average molecular weight is 328 g/mol. The minimum absolute atomic E-state index is 0.211. The van der Waals surface area contributed by atoms with Gasteiger partial charge in [0.1, 0.15) is 12.2 Å². The summed E-state index contributed by atoms with van der Waals surface area (Å²) in [6.07, 6.45) is -1.98. The summed E-state index contributed by atoms with van der Waals surface area (Å²) in [5.74, 6) is -0.900. The van der Waals surface area contributed by atoms with E-state index in [0.29, 0.717) is 0 Å². The van der Waals surface area contributed by atoms with Crippen LogP contribution in [0.2, 0.25) is 0 Å². The van der Waals surface area contributed by atoms with E-state index in [-0.39, 0.29) is 6.42 Å². The highest BCUT2D eigenvalue weighted by Gasteiger charge is 2.46. The zero-order valence-corrected chi connectivity index (χ0v) is 13.1. The molecule has 0 spiro atoms. The summed E-state index contributed by atoms with van der Waals surface area (Å²) in [5.41, 5.74) is -1.20. The topological polar surface area (TPSA) is 120 Å². The van der Waals surface area contributed by atoms with Gasteiger partial charge in [0.25, 0.3) is 5.56 Å². The maximum atomic E-state index is 11.9. The summed E-state index contributed by atoms with van der Waals surface area (Å²) >= 11 is 0. The number of hydrogen-bond acceptors (Lipinski definition) is 7. The second kappa shape index (κ2) is 7.07. The van der Waals surface area contributed by atoms with Crippen LogP contribution in [0, 0.1) is 5.92 Å². The van der Waals surface area contributed by atoms with Gasteiger partial charge in [0, 0.05) is 19.4 Å². The number of esters is 1. The zero-order valence-electron chi connectivity index (χ0n) is 13.1. The minimum Gasteiger partial charge on any atom is -0.469 e. The molecule has 1 aromatic heterocycles. The second-order valence-electron chi connectivity index (χ2n) is 5.43. The van der Waals surface area contributed by atoms with E-state index >= 15 is 0 Å². The van der Waals surface area contributed by atoms with Gasteiger partial charge in [-0.15, -0.1) is 0 Å². The Morgan fingerprint density at radius 1 is 1.48 bits per heavy atom. The Hall–Kier alpha value is -1.97. The molecule has 1 saturated heterocycles. The molecular formula is C14H20N2O7. The van der Waals surface area contributed by atoms with Crippen LogP contribution in [0.1, 0.15) is 19.6 Å². The van der Waals surface area contributed by atoms with E-state index in [2.05, 4.69) is 9.72 Å². The Labute approximate surface area is 131 Å². The molecule has 9 heteroatoms. The van der Waals surface area contributed by atoms with Crippen molar-refractivity contribution in [2.45, 2.75) is 37.9 Å². The third-order valence-electron chi connectivity index (χ3n) is 3.90. The fourth-order valence-electron chi connectivity index (χ4n) is 2.67. The van der Waals surface area contributed by atoms with Crippen molar-refractivity contribution in [1.82, 2.24) is 9.55 Å². The number of methoxy groups -OCH3 is 2. The molecule has 9 nitrogen and oxygen atoms in total. The number of ether oxygens (including phenoxy) is 3. The minimum atomic E-state index is -1.03. The maximum absolute atomic E-state index is 11.9. The summed E-state index contributed by atoms with van der Waals surface area (Å²) in [4.78, 5) is 36.7. The van der Waals surface area contributed by atoms with Crippen molar-refractivity contribution < 1.29 is 24.1 Å². The van der Waals surface area contributed by atoms with Crippen molar-refractivity contribution in [3.05, 3.63) is 33.1 Å². The number of carbonyl (C=O) groups is 1. The van der Waals surface area contributed by atoms with Crippen LogP contribution in [0.5, 0.6) is 0 Å². The monoisotopic (exact) mass is 328 g/mol. The third kappa shape index (κ3) is 3.52. The Kier molecular flexibility index (Phi) is 5.34. The lowest BCUT2D eigenvalue weighted by Gasteiger charge is -2.20. The Balaban J connectivity index is 2.23. The molecule has 2 unspecified atom stereocenters. The molecule has 2 rings (SSSR count). The third-order valence-corrected chi connectivity index (χ3v) is 3.90. The van der Waals surface area contributed by atoms with Crippen LogP contribution in [0.15, 0.2) is 21.9 Å². The van der Waals surface area contributed by atoms with E-state index in [4.69, 9.17) is 9.47 Å². The summed E-state index contributed by atoms with van der Waals surface area (Å²) in [6.45, 7) is 1.66. The van der Waals surface area contributed by atoms with Crippen LogP contribution in [0.4, 0.5) is 0 Å². The van der Waals surface area contributed by atoms with E-state index in [1.807, 2.05) is 0 Å². The SMILES string of the molecule is COC(=O)C(C)C[C@H]1O[C@@H](n2ccc(=O)[nH]c2=O)[C@@H](OC)C1O. The van der Waals surface area contributed by atoms with Gasteiger partial charge >= 0.3 is 11.7 Å². The molecule has 1 aliphatic rings. The summed E-state index contributed by atoms with van der Waals surface area (Å²) in [5, 5.41) is 10.3. The average Bonchev–Trinajstić information content (AvgIpc) is 2.82. The van der Waals surface area contributed by atoms with Crippen LogP contribution in [0.25, 0.3) is 0 Å². The molecule has 23 heavy (non-hydrogen) atoms. The predicted octanol–water partition coefficient (Wildman–Crippen LogP) is -0.991. The van der Waals surface area contributed by atoms with Crippen LogP contribution >= 0.6 is 0 Å². The molecule has 1 aromatic rings. The van der Waals surface area contributed by atoms with Crippen molar-refractivity contribution in [2.24, 2.45) is 5.92 Å². The van der Waals surface area contributed by atoms with Crippen LogP contribution in [0.3, 0.4) is 0 Å². The summed E-state index contributed by atoms with van der Waals surface area (Å²) < 4.78 is 16.7. The highest BCUT2D eigenvalue weighted by molar-refractivity contribution is 5.71. The van der Waals surface area contributed by atoms with Crippen molar-refractivity contribution in [3.8, 4) is 0 Å². The lowest BCUT2D eigenvalue weighted by Crippen LogP contribution is -2.38. The number of carbonyl (C=O) groups excluding carboxylic acids is 1. The fraction of sp³-hybridized carbons (Fsp3) is 0.643. The predicted molar refractivity (Wildman–Crippen MR) is 77.8 cm³/mol. The molecule has 5 atom stereocenters. The lowest BCUT2D eigenvalue weighted by molar-refractivity contribution is -0.146. The number of nitrogens with zero attached hydrogens (tertiary/aromatic N) is 1. The first-order valence-electron chi connectivity index (χ1n) is 7.14. The number of aliphatic hydroxyl groups excluding tert-OH is 1. The van der Waals surface area contributed by atoms with Gasteiger partial charge < -0.3 is 19.3 Å². The maximum Gasteiger partial charge on any atom is 0.330 e. The molecule has 0 radical (unpaired) electrons. The standard InChI is InChI=1S/C14H20N2O7/c1-7(13(19)22-3)6-8-10(18)11(21-2)12(23-8)16-5-4-9(17)15-14(16)20/h4-5,7-8,10-12,18H,6H2,1-3H3,(H,15,17,20)/t7?,8-,10?,11+,12-/m1/s1. The molecule has 1 fully saturated rings. The van der Waals surface area contributed by atoms with E-state index in [0.717, 1.165) is 4.57 Å². The highest BCUT2D eigenvalue weighted by Crippen LogP contribution is 2.33. The normalized spacial score (nSPS) is 28.5. The van der Waals surface area contributed by atoms with Crippen molar-refractivity contribution in [2.75, 3.05) is 14.2 Å². The first-order valence-corrected chi connectivity index (χ1v) is 7.14. The zero-order chi connectivity index (χ0) is 17.1. The number of aromatic amines is 1. The number of aliphatic hydroxyl groups is 1. The molecule has 2 N–H and O–H groups in total. The van der Waals surface area contributed by atoms with Crippen LogP contribution < -0.4 is 11.2 Å². The van der Waals surface area contributed by atoms with E-state index in [9.17, 15) is 19.5 Å². The molecular weight excluding hydrogens is 308 g/mol. The fourth-order valence-corrected chi connectivity index (χ4v) is 2.67. The number of hydrogen-bond donors (Lipinski definition) is 2. The molecule has 0 saturated carbocycles. The molecule has 2 heterocycles. The summed E-state index contributed by atoms with van der Waals surface area (Å²) in [7, 11) is 2.67. The number of nitrogens with one attached hydrogen (secondary N) is 1. The molecule has 0 aliphatic carbocycles. The quantitative estimate of drug-likeness (QED) is 0.666. The number of aromatic nitrogens is 2. The Bertz CT molecular complexity index is 668. The summed E-state index contributed by atoms with van der Waals surface area (Å²) in [6, 6.07) is 1.17. The smallest absolute Gasteiger partial charge is 0.330 e. The van der Waals surface area contributed by atoms with Gasteiger partial charge in [0.05, 0.1) is 19.1 Å². The van der Waals surface area contributed by atoms with Crippen molar-refractivity contribution >= 4 is 5.97 Å². The van der Waals surface area contributed by atoms with Gasteiger partial charge in [-0.05, 0) is 6.42 Å². The Morgan fingerprint density at radius 2 is 2.17 bits per heavy atom. The highest BCUT2D eigenvalue weighted by atomic mass is 16.6. The lowest BCUT2D eigenvalue weighted by atomic mass is 9.99. The van der Waals surface area contributed by atoms with E-state index < -0.39 is 47.7 Å². The second-order valence-corrected chi connectivity index (χ2v) is 5.43. The molecule has 0 bridgehead atoms. The largest absolute Gasteiger partial charge is 0.469 e. The van der Waals surface area contributed by atoms with Gasteiger partial charge in [-0.1, -0.05) is 6.92 Å². The van der Waals surface area contributed by atoms with Gasteiger partial charge in [0.2, 0.25) is 0 Å². The number of H-pyrrole nitrogens is 1. The van der Waals surface area contributed by atoms with Crippen LogP contribution in [-0.2, 0) is 19.0 Å². The van der Waals surface area contributed by atoms with Gasteiger partial charge in [-0.25, -0.2) is 4.79 Å². The van der Waals surface area contributed by atoms with Gasteiger partial charge in [-0.3, -0.25) is 19.1 Å². The van der Waals surface area contributed by atoms with Gasteiger partial charge in [0.15, 0.2) is 6.23 Å². The Morgan fingerprint density at radius 3 is 2.74 bits per heavy atom.